The molecule has 0 radical (unpaired) electrons. The first-order valence-electron chi connectivity index (χ1n) is 5.66. The van der Waals surface area contributed by atoms with Crippen LogP contribution in [0.25, 0.3) is 0 Å². The Morgan fingerprint density at radius 2 is 1.92 bits per heavy atom. The quantitative estimate of drug-likeness (QED) is 0.721. The van der Waals surface area contributed by atoms with Gasteiger partial charge in [-0.05, 0) is 45.2 Å². The summed E-state index contributed by atoms with van der Waals surface area (Å²) in [7, 11) is 0. The van der Waals surface area contributed by atoms with Gasteiger partial charge >= 0.3 is 0 Å². The zero-order valence-electron chi connectivity index (χ0n) is 8.84. The molecule has 2 aliphatic rings. The summed E-state index contributed by atoms with van der Waals surface area (Å²) >= 11 is 0. The molecular weight excluding hydrogens is 162 g/mol. The molecule has 2 nitrogen and oxygen atoms in total. The van der Waals surface area contributed by atoms with E-state index >= 15 is 0 Å². The Morgan fingerprint density at radius 3 is 2.38 bits per heavy atom. The highest BCUT2D eigenvalue weighted by molar-refractivity contribution is 5.16. The van der Waals surface area contributed by atoms with Gasteiger partial charge in [0, 0.05) is 5.54 Å². The molecule has 2 fully saturated rings. The van der Waals surface area contributed by atoms with Crippen LogP contribution >= 0.6 is 0 Å². The molecule has 1 aliphatic heterocycles. The van der Waals surface area contributed by atoms with E-state index in [1.54, 1.807) is 0 Å². The van der Waals surface area contributed by atoms with E-state index in [9.17, 15) is 5.11 Å². The van der Waals surface area contributed by atoms with Crippen LogP contribution in [0.4, 0.5) is 0 Å². The summed E-state index contributed by atoms with van der Waals surface area (Å²) in [4.78, 5) is 2.50. The zero-order chi connectivity index (χ0) is 9.53. The van der Waals surface area contributed by atoms with Gasteiger partial charge in [-0.15, -0.1) is 0 Å². The summed E-state index contributed by atoms with van der Waals surface area (Å²) in [5, 5.41) is 10.3. The summed E-state index contributed by atoms with van der Waals surface area (Å²) in [6.07, 6.45) is 5.63. The summed E-state index contributed by atoms with van der Waals surface area (Å²) in [6, 6.07) is 0. The second-order valence-corrected chi connectivity index (χ2v) is 4.60. The largest absolute Gasteiger partial charge is 0.388 e. The predicted octanol–water partition coefficient (Wildman–Crippen LogP) is 1.78. The average molecular weight is 183 g/mol. The maximum atomic E-state index is 10.3. The molecule has 2 rings (SSSR count). The van der Waals surface area contributed by atoms with Crippen LogP contribution in [0.2, 0.25) is 0 Å². The molecule has 0 aromatic heterocycles. The summed E-state index contributed by atoms with van der Waals surface area (Å²) in [5.41, 5.74) is -0.185. The lowest BCUT2D eigenvalue weighted by Gasteiger charge is -2.42. The van der Waals surface area contributed by atoms with Crippen LogP contribution < -0.4 is 0 Å². The fourth-order valence-corrected chi connectivity index (χ4v) is 3.24. The zero-order valence-corrected chi connectivity index (χ0v) is 8.84. The van der Waals surface area contributed by atoms with E-state index in [1.165, 1.54) is 19.4 Å². The Bertz CT molecular complexity index is 200. The Labute approximate surface area is 80.9 Å². The van der Waals surface area contributed by atoms with Crippen molar-refractivity contribution in [1.29, 1.82) is 0 Å². The second-order valence-electron chi connectivity index (χ2n) is 4.60. The van der Waals surface area contributed by atoms with Crippen LogP contribution in [0.15, 0.2) is 0 Å². The molecule has 1 saturated carbocycles. The number of hydrogen-bond donors (Lipinski definition) is 1. The first kappa shape index (κ1) is 9.47. The summed E-state index contributed by atoms with van der Waals surface area (Å²) < 4.78 is 0. The third-order valence-corrected chi connectivity index (χ3v) is 4.18. The molecule has 1 atom stereocenters. The van der Waals surface area contributed by atoms with Crippen LogP contribution in [0, 0.1) is 0 Å². The van der Waals surface area contributed by atoms with Gasteiger partial charge < -0.3 is 5.11 Å². The Kier molecular flexibility index (Phi) is 2.16. The van der Waals surface area contributed by atoms with Gasteiger partial charge in [-0.1, -0.05) is 13.8 Å². The normalized spacial score (nSPS) is 38.1. The molecule has 1 N–H and O–H groups in total. The second kappa shape index (κ2) is 2.96. The average Bonchev–Trinajstić information content (AvgIpc) is 2.76. The summed E-state index contributed by atoms with van der Waals surface area (Å²) in [6.45, 7) is 6.72. The minimum atomic E-state index is -0.325. The molecule has 2 heteroatoms. The van der Waals surface area contributed by atoms with Crippen LogP contribution in [0.3, 0.4) is 0 Å². The van der Waals surface area contributed by atoms with Gasteiger partial charge in [0.25, 0.3) is 0 Å². The van der Waals surface area contributed by atoms with Crippen molar-refractivity contribution in [3.8, 4) is 0 Å². The first-order valence-corrected chi connectivity index (χ1v) is 5.66. The molecule has 0 bridgehead atoms. The van der Waals surface area contributed by atoms with Gasteiger partial charge in [0.15, 0.2) is 0 Å². The standard InChI is InChI=1S/C11H21NO/c1-3-10(11(13)7-8-11)6-5-9-12(10)4-2/h13H,3-9H2,1-2H3. The minimum absolute atomic E-state index is 0.141. The molecule has 0 aromatic rings. The number of likely N-dealkylation sites (tertiary alicyclic amines) is 1. The van der Waals surface area contributed by atoms with E-state index in [4.69, 9.17) is 0 Å². The molecule has 1 heterocycles. The Morgan fingerprint density at radius 1 is 1.23 bits per heavy atom. The highest BCUT2D eigenvalue weighted by Crippen LogP contribution is 2.53. The van der Waals surface area contributed by atoms with E-state index in [2.05, 4.69) is 18.7 Å². The van der Waals surface area contributed by atoms with Crippen LogP contribution in [0.5, 0.6) is 0 Å². The number of rotatable bonds is 3. The SMILES string of the molecule is CCN1CCCC1(CC)C1(O)CC1. The lowest BCUT2D eigenvalue weighted by atomic mass is 9.84. The van der Waals surface area contributed by atoms with Crippen molar-refractivity contribution in [1.82, 2.24) is 4.90 Å². The van der Waals surface area contributed by atoms with Gasteiger partial charge in [-0.2, -0.15) is 0 Å². The number of nitrogens with zero attached hydrogens (tertiary/aromatic N) is 1. The van der Waals surface area contributed by atoms with E-state index in [1.807, 2.05) is 0 Å². The Balaban J connectivity index is 2.22. The lowest BCUT2D eigenvalue weighted by molar-refractivity contribution is -0.0283. The molecular formula is C11H21NO. The third-order valence-electron chi connectivity index (χ3n) is 4.18. The molecule has 1 saturated heterocycles. The van der Waals surface area contributed by atoms with Crippen molar-refractivity contribution >= 4 is 0 Å². The van der Waals surface area contributed by atoms with Crippen molar-refractivity contribution in [2.24, 2.45) is 0 Å². The van der Waals surface area contributed by atoms with Gasteiger partial charge in [0.1, 0.15) is 0 Å². The smallest absolute Gasteiger partial charge is 0.0832 e. The van der Waals surface area contributed by atoms with Crippen molar-refractivity contribution in [2.75, 3.05) is 13.1 Å². The van der Waals surface area contributed by atoms with E-state index in [0.717, 1.165) is 25.8 Å². The topological polar surface area (TPSA) is 23.5 Å². The predicted molar refractivity (Wildman–Crippen MR) is 53.7 cm³/mol. The molecule has 1 aliphatic carbocycles. The van der Waals surface area contributed by atoms with Crippen molar-refractivity contribution < 1.29 is 5.11 Å². The van der Waals surface area contributed by atoms with Crippen molar-refractivity contribution in [2.45, 2.75) is 57.1 Å². The third kappa shape index (κ3) is 1.15. The fourth-order valence-electron chi connectivity index (χ4n) is 3.24. The highest BCUT2D eigenvalue weighted by atomic mass is 16.3. The number of aliphatic hydroxyl groups is 1. The monoisotopic (exact) mass is 183 g/mol. The maximum absolute atomic E-state index is 10.3. The van der Waals surface area contributed by atoms with E-state index in [0.29, 0.717) is 0 Å². The molecule has 1 unspecified atom stereocenters. The molecule has 0 spiro atoms. The van der Waals surface area contributed by atoms with E-state index in [-0.39, 0.29) is 11.1 Å². The van der Waals surface area contributed by atoms with Gasteiger partial charge in [0.2, 0.25) is 0 Å². The number of likely N-dealkylation sites (N-methyl/N-ethyl adjacent to an activating group) is 1. The van der Waals surface area contributed by atoms with Crippen molar-refractivity contribution in [3.05, 3.63) is 0 Å². The molecule has 0 amide bonds. The fraction of sp³-hybridized carbons (Fsp3) is 1.00. The number of hydrogen-bond acceptors (Lipinski definition) is 2. The van der Waals surface area contributed by atoms with Crippen LogP contribution in [0.1, 0.15) is 46.0 Å². The summed E-state index contributed by atoms with van der Waals surface area (Å²) in [5.74, 6) is 0. The first-order chi connectivity index (χ1) is 6.18. The van der Waals surface area contributed by atoms with Gasteiger partial charge in [-0.25, -0.2) is 0 Å². The Hall–Kier alpha value is -0.0800. The van der Waals surface area contributed by atoms with Crippen LogP contribution in [-0.2, 0) is 0 Å². The lowest BCUT2D eigenvalue weighted by Crippen LogP contribution is -2.54. The molecule has 76 valence electrons. The minimum Gasteiger partial charge on any atom is -0.388 e. The van der Waals surface area contributed by atoms with E-state index < -0.39 is 0 Å². The van der Waals surface area contributed by atoms with Crippen LogP contribution in [-0.4, -0.2) is 34.2 Å². The molecule has 13 heavy (non-hydrogen) atoms. The maximum Gasteiger partial charge on any atom is 0.0832 e. The highest BCUT2D eigenvalue weighted by Gasteiger charge is 2.60. The van der Waals surface area contributed by atoms with Crippen molar-refractivity contribution in [3.63, 3.8) is 0 Å². The molecule has 0 aromatic carbocycles. The van der Waals surface area contributed by atoms with Gasteiger partial charge in [-0.3, -0.25) is 4.90 Å². The van der Waals surface area contributed by atoms with Gasteiger partial charge in [0.05, 0.1) is 5.60 Å².